The molecule has 0 amide bonds. The van der Waals surface area contributed by atoms with Crippen molar-refractivity contribution in [3.05, 3.63) is 47.5 Å². The lowest BCUT2D eigenvalue weighted by Gasteiger charge is -2.37. The first-order valence-corrected chi connectivity index (χ1v) is 10.1. The average Bonchev–Trinajstić information content (AvgIpc) is 3.33. The van der Waals surface area contributed by atoms with Crippen LogP contribution in [0.1, 0.15) is 31.2 Å². The van der Waals surface area contributed by atoms with Crippen molar-refractivity contribution < 1.29 is 28.5 Å². The smallest absolute Gasteiger partial charge is 0.295 e. The molecule has 1 saturated heterocycles. The summed E-state index contributed by atoms with van der Waals surface area (Å²) in [7, 11) is 0. The summed E-state index contributed by atoms with van der Waals surface area (Å²) >= 11 is 0. The molecule has 30 heavy (non-hydrogen) atoms. The number of benzene rings is 2. The van der Waals surface area contributed by atoms with Gasteiger partial charge in [-0.3, -0.25) is 0 Å². The first-order chi connectivity index (χ1) is 14.5. The van der Waals surface area contributed by atoms with Crippen molar-refractivity contribution in [2.75, 3.05) is 13.2 Å². The molecular formula is C22H22F2N2O4. The average molecular weight is 416 g/mol. The molecule has 2 aromatic carbocycles. The number of rotatable bonds is 5. The van der Waals surface area contributed by atoms with Gasteiger partial charge in [0.1, 0.15) is 17.4 Å². The van der Waals surface area contributed by atoms with Crippen molar-refractivity contribution in [1.29, 1.82) is 0 Å². The number of nitrogens with zero attached hydrogens (tertiary/aromatic N) is 1. The van der Waals surface area contributed by atoms with Gasteiger partial charge in [0.2, 0.25) is 0 Å². The molecular weight excluding hydrogens is 394 g/mol. The minimum absolute atomic E-state index is 0.0132. The number of hydrogen-bond acceptors (Lipinski definition) is 5. The minimum Gasteiger partial charge on any atom is -0.459 e. The molecule has 3 N–H and O–H groups in total. The highest BCUT2D eigenvalue weighted by atomic mass is 19.1. The Kier molecular flexibility index (Phi) is 4.72. The van der Waals surface area contributed by atoms with E-state index in [1.54, 1.807) is 24.3 Å². The van der Waals surface area contributed by atoms with Gasteiger partial charge in [0.05, 0.1) is 36.0 Å². The lowest BCUT2D eigenvalue weighted by Crippen LogP contribution is -2.33. The van der Waals surface area contributed by atoms with Crippen LogP contribution in [-0.4, -0.2) is 45.6 Å². The molecule has 6 nitrogen and oxygen atoms in total. The van der Waals surface area contributed by atoms with Crippen LogP contribution in [0.5, 0.6) is 6.01 Å². The maximum atomic E-state index is 15.2. The molecule has 2 fully saturated rings. The Morgan fingerprint density at radius 3 is 2.63 bits per heavy atom. The normalized spacial score (nSPS) is 22.9. The van der Waals surface area contributed by atoms with Gasteiger partial charge in [0.25, 0.3) is 6.01 Å². The SMILES string of the molecule is OCC1CC(Oc2nc3c(F)c(-c4ccc(C5(O)CCC5)cc4)c(F)cc3[nH]2)CO1. The van der Waals surface area contributed by atoms with Crippen LogP contribution in [0.4, 0.5) is 8.78 Å². The number of aliphatic hydroxyl groups excluding tert-OH is 1. The summed E-state index contributed by atoms with van der Waals surface area (Å²) in [6.07, 6.45) is 2.25. The fourth-order valence-electron chi connectivity index (χ4n) is 4.17. The number of nitrogens with one attached hydrogen (secondary N) is 1. The zero-order valence-corrected chi connectivity index (χ0v) is 16.2. The van der Waals surface area contributed by atoms with Crippen molar-refractivity contribution in [2.45, 2.75) is 43.5 Å². The van der Waals surface area contributed by atoms with Crippen LogP contribution in [0.15, 0.2) is 30.3 Å². The summed E-state index contributed by atoms with van der Waals surface area (Å²) in [4.78, 5) is 6.95. The van der Waals surface area contributed by atoms with E-state index < -0.39 is 17.2 Å². The third-order valence-corrected chi connectivity index (χ3v) is 6.06. The second-order valence-electron chi connectivity index (χ2n) is 8.06. The van der Waals surface area contributed by atoms with E-state index in [4.69, 9.17) is 14.6 Å². The maximum absolute atomic E-state index is 15.2. The van der Waals surface area contributed by atoms with Gasteiger partial charge < -0.3 is 24.7 Å². The second-order valence-corrected chi connectivity index (χ2v) is 8.06. The van der Waals surface area contributed by atoms with Gasteiger partial charge in [-0.1, -0.05) is 24.3 Å². The number of halogens is 2. The number of aromatic nitrogens is 2. The second kappa shape index (κ2) is 7.30. The highest BCUT2D eigenvalue weighted by Crippen LogP contribution is 2.42. The Morgan fingerprint density at radius 1 is 1.23 bits per heavy atom. The fourth-order valence-corrected chi connectivity index (χ4v) is 4.17. The van der Waals surface area contributed by atoms with Crippen LogP contribution in [0.3, 0.4) is 0 Å². The molecule has 2 aliphatic rings. The highest BCUT2D eigenvalue weighted by Gasteiger charge is 2.36. The molecule has 1 aliphatic carbocycles. The number of aliphatic hydroxyl groups is 2. The van der Waals surface area contributed by atoms with Gasteiger partial charge in [-0.25, -0.2) is 8.78 Å². The number of ether oxygens (including phenoxy) is 2. The number of aromatic amines is 1. The summed E-state index contributed by atoms with van der Waals surface area (Å²) in [6, 6.07) is 7.95. The standard InChI is InChI=1S/C22H22F2N2O4/c23-16-9-17-20(26-21(25-17)30-15-8-14(10-27)29-11-15)19(24)18(16)12-2-4-13(5-3-12)22(28)6-1-7-22/h2-5,9,14-15,27-28H,1,6-8,10-11H2,(H,25,26). The molecule has 2 unspecified atom stereocenters. The Labute approximate surface area is 171 Å². The lowest BCUT2D eigenvalue weighted by atomic mass is 9.75. The predicted molar refractivity (Wildman–Crippen MR) is 105 cm³/mol. The molecule has 2 heterocycles. The van der Waals surface area contributed by atoms with Crippen LogP contribution < -0.4 is 4.74 Å². The number of imidazole rings is 1. The van der Waals surface area contributed by atoms with E-state index >= 15 is 4.39 Å². The lowest BCUT2D eigenvalue weighted by molar-refractivity contribution is -0.0387. The zero-order chi connectivity index (χ0) is 20.9. The van der Waals surface area contributed by atoms with Crippen molar-refractivity contribution >= 4 is 11.0 Å². The van der Waals surface area contributed by atoms with Crippen molar-refractivity contribution in [1.82, 2.24) is 9.97 Å². The molecule has 8 heteroatoms. The summed E-state index contributed by atoms with van der Waals surface area (Å²) in [5.74, 6) is -1.49. The molecule has 0 bridgehead atoms. The first kappa shape index (κ1) is 19.4. The zero-order valence-electron chi connectivity index (χ0n) is 16.2. The number of fused-ring (bicyclic) bond motifs is 1. The fraction of sp³-hybridized carbons (Fsp3) is 0.409. The molecule has 1 saturated carbocycles. The Balaban J connectivity index is 1.44. The van der Waals surface area contributed by atoms with E-state index in [0.717, 1.165) is 12.0 Å². The molecule has 158 valence electrons. The summed E-state index contributed by atoms with van der Waals surface area (Å²) in [6.45, 7) is 0.197. The van der Waals surface area contributed by atoms with Crippen LogP contribution in [0.2, 0.25) is 0 Å². The quantitative estimate of drug-likeness (QED) is 0.593. The van der Waals surface area contributed by atoms with Crippen molar-refractivity contribution in [3.8, 4) is 17.1 Å². The van der Waals surface area contributed by atoms with E-state index in [0.29, 0.717) is 31.4 Å². The summed E-state index contributed by atoms with van der Waals surface area (Å²) in [5.41, 5.74) is 0.320. The molecule has 2 atom stereocenters. The Bertz CT molecular complexity index is 1080. The molecule has 3 aromatic rings. The molecule has 0 spiro atoms. The summed E-state index contributed by atoms with van der Waals surface area (Å²) in [5, 5.41) is 19.6. The van der Waals surface area contributed by atoms with Gasteiger partial charge in [0.15, 0.2) is 5.82 Å². The van der Waals surface area contributed by atoms with Gasteiger partial charge in [-0.05, 0) is 30.4 Å². The van der Waals surface area contributed by atoms with Crippen molar-refractivity contribution in [2.24, 2.45) is 0 Å². The van der Waals surface area contributed by atoms with Crippen LogP contribution >= 0.6 is 0 Å². The molecule has 0 radical (unpaired) electrons. The molecule has 5 rings (SSSR count). The number of hydrogen-bond donors (Lipinski definition) is 3. The van der Waals surface area contributed by atoms with E-state index in [2.05, 4.69) is 9.97 Å². The minimum atomic E-state index is -0.826. The monoisotopic (exact) mass is 416 g/mol. The third kappa shape index (κ3) is 3.25. The van der Waals surface area contributed by atoms with Crippen LogP contribution in [0.25, 0.3) is 22.2 Å². The number of H-pyrrole nitrogens is 1. The van der Waals surface area contributed by atoms with Gasteiger partial charge in [0, 0.05) is 12.5 Å². The topological polar surface area (TPSA) is 87.6 Å². The third-order valence-electron chi connectivity index (χ3n) is 6.06. The first-order valence-electron chi connectivity index (χ1n) is 10.1. The summed E-state index contributed by atoms with van der Waals surface area (Å²) < 4.78 is 41.0. The van der Waals surface area contributed by atoms with E-state index in [-0.39, 0.29) is 41.4 Å². The Morgan fingerprint density at radius 2 is 2.00 bits per heavy atom. The molecule has 1 aliphatic heterocycles. The molecule has 1 aromatic heterocycles. The maximum Gasteiger partial charge on any atom is 0.295 e. The van der Waals surface area contributed by atoms with Crippen LogP contribution in [-0.2, 0) is 10.3 Å². The van der Waals surface area contributed by atoms with E-state index in [1.165, 1.54) is 6.07 Å². The van der Waals surface area contributed by atoms with Gasteiger partial charge in [-0.15, -0.1) is 0 Å². The predicted octanol–water partition coefficient (Wildman–Crippen LogP) is 3.41. The Hall–Kier alpha value is -2.55. The van der Waals surface area contributed by atoms with Crippen molar-refractivity contribution in [3.63, 3.8) is 0 Å². The van der Waals surface area contributed by atoms with E-state index in [9.17, 15) is 9.50 Å². The van der Waals surface area contributed by atoms with E-state index in [1.807, 2.05) is 0 Å². The van der Waals surface area contributed by atoms with Gasteiger partial charge >= 0.3 is 0 Å². The van der Waals surface area contributed by atoms with Crippen LogP contribution in [0, 0.1) is 11.6 Å². The van der Waals surface area contributed by atoms with Gasteiger partial charge in [-0.2, -0.15) is 4.98 Å². The highest BCUT2D eigenvalue weighted by molar-refractivity contribution is 5.84. The largest absolute Gasteiger partial charge is 0.459 e.